The maximum atomic E-state index is 12.4. The first-order valence-corrected chi connectivity index (χ1v) is 10.8. The number of nitrogens with zero attached hydrogens (tertiary/aromatic N) is 1. The van der Waals surface area contributed by atoms with E-state index in [9.17, 15) is 19.2 Å². The third kappa shape index (κ3) is 7.03. The Kier molecular flexibility index (Phi) is 8.35. The first-order chi connectivity index (χ1) is 16.0. The smallest absolute Gasteiger partial charge is 0.309 e. The predicted octanol–water partition coefficient (Wildman–Crippen LogP) is 2.48. The molecule has 2 aromatic carbocycles. The molecule has 1 saturated heterocycles. The lowest BCUT2D eigenvalue weighted by Gasteiger charge is -2.30. The van der Waals surface area contributed by atoms with E-state index < -0.39 is 18.5 Å². The van der Waals surface area contributed by atoms with E-state index in [1.807, 2.05) is 30.3 Å². The number of likely N-dealkylation sites (tertiary alicyclic amines) is 1. The fourth-order valence-electron chi connectivity index (χ4n) is 3.47. The molecule has 172 valence electrons. The fraction of sp³-hybridized carbons (Fsp3) is 0.280. The second-order valence-corrected chi connectivity index (χ2v) is 7.66. The molecule has 2 N–H and O–H groups in total. The molecule has 3 rings (SSSR count). The first kappa shape index (κ1) is 23.7. The molecule has 8 heteroatoms. The van der Waals surface area contributed by atoms with E-state index in [2.05, 4.69) is 10.6 Å². The summed E-state index contributed by atoms with van der Waals surface area (Å²) in [6, 6.07) is 15.9. The third-order valence-corrected chi connectivity index (χ3v) is 5.36. The number of nitrogens with one attached hydrogen (secondary N) is 2. The van der Waals surface area contributed by atoms with Gasteiger partial charge in [0.1, 0.15) is 0 Å². The van der Waals surface area contributed by atoms with Crippen molar-refractivity contribution >= 4 is 35.5 Å². The van der Waals surface area contributed by atoms with Crippen LogP contribution in [0.2, 0.25) is 0 Å². The van der Waals surface area contributed by atoms with E-state index in [0.717, 1.165) is 5.56 Å². The zero-order valence-corrected chi connectivity index (χ0v) is 18.5. The molecule has 3 amide bonds. The van der Waals surface area contributed by atoms with E-state index in [1.54, 1.807) is 41.3 Å². The maximum absolute atomic E-state index is 12.4. The summed E-state index contributed by atoms with van der Waals surface area (Å²) in [5.74, 6) is -1.55. The number of piperidine rings is 1. The van der Waals surface area contributed by atoms with Gasteiger partial charge in [-0.1, -0.05) is 30.3 Å². The lowest BCUT2D eigenvalue weighted by Crippen LogP contribution is -2.40. The highest BCUT2D eigenvalue weighted by Gasteiger charge is 2.28. The molecule has 1 fully saturated rings. The largest absolute Gasteiger partial charge is 0.455 e. The van der Waals surface area contributed by atoms with Crippen LogP contribution < -0.4 is 10.6 Å². The molecule has 0 aromatic heterocycles. The Morgan fingerprint density at radius 2 is 1.67 bits per heavy atom. The number of anilines is 1. The molecular formula is C25H27N3O5. The van der Waals surface area contributed by atoms with Gasteiger partial charge in [-0.25, -0.2) is 0 Å². The number of hydrogen-bond acceptors (Lipinski definition) is 5. The molecular weight excluding hydrogens is 422 g/mol. The highest BCUT2D eigenvalue weighted by molar-refractivity contribution is 5.96. The summed E-state index contributed by atoms with van der Waals surface area (Å²) in [7, 11) is 1.54. The van der Waals surface area contributed by atoms with E-state index in [0.29, 0.717) is 37.2 Å². The van der Waals surface area contributed by atoms with Crippen molar-refractivity contribution in [2.24, 2.45) is 5.92 Å². The molecule has 0 aliphatic carbocycles. The Morgan fingerprint density at radius 3 is 2.30 bits per heavy atom. The second-order valence-electron chi connectivity index (χ2n) is 7.66. The van der Waals surface area contributed by atoms with Crippen LogP contribution >= 0.6 is 0 Å². The molecule has 0 unspecified atom stereocenters. The molecule has 1 aliphatic heterocycles. The van der Waals surface area contributed by atoms with E-state index in [4.69, 9.17) is 4.74 Å². The minimum atomic E-state index is -0.463. The number of esters is 1. The molecule has 1 aliphatic rings. The SMILES string of the molecule is CNC(=O)c1ccc(NC(=O)COC(=O)C2CCN(C(=O)/C=C/c3ccccc3)CC2)cc1. The molecule has 0 bridgehead atoms. The van der Waals surface area contributed by atoms with Crippen LogP contribution in [0.5, 0.6) is 0 Å². The normalized spacial score (nSPS) is 14.0. The van der Waals surface area contributed by atoms with Crippen molar-refractivity contribution in [2.75, 3.05) is 32.1 Å². The van der Waals surface area contributed by atoms with Crippen molar-refractivity contribution < 1.29 is 23.9 Å². The van der Waals surface area contributed by atoms with Crippen molar-refractivity contribution in [3.8, 4) is 0 Å². The number of carbonyl (C=O) groups is 4. The van der Waals surface area contributed by atoms with Crippen LogP contribution in [0, 0.1) is 5.92 Å². The van der Waals surface area contributed by atoms with Crippen LogP contribution in [0.4, 0.5) is 5.69 Å². The third-order valence-electron chi connectivity index (χ3n) is 5.36. The molecule has 0 saturated carbocycles. The number of rotatable bonds is 7. The quantitative estimate of drug-likeness (QED) is 0.499. The van der Waals surface area contributed by atoms with Crippen molar-refractivity contribution in [1.82, 2.24) is 10.2 Å². The van der Waals surface area contributed by atoms with Gasteiger partial charge in [-0.2, -0.15) is 0 Å². The van der Waals surface area contributed by atoms with Crippen LogP contribution in [0.25, 0.3) is 6.08 Å². The summed E-state index contributed by atoms with van der Waals surface area (Å²) >= 11 is 0. The van der Waals surface area contributed by atoms with Crippen LogP contribution in [0.3, 0.4) is 0 Å². The van der Waals surface area contributed by atoms with E-state index >= 15 is 0 Å². The summed E-state index contributed by atoms with van der Waals surface area (Å²) in [6.07, 6.45) is 4.30. The molecule has 1 heterocycles. The van der Waals surface area contributed by atoms with E-state index in [1.165, 1.54) is 7.05 Å². The molecule has 2 aromatic rings. The zero-order valence-electron chi connectivity index (χ0n) is 18.5. The van der Waals surface area contributed by atoms with Gasteiger partial charge in [0.25, 0.3) is 11.8 Å². The average Bonchev–Trinajstić information content (AvgIpc) is 2.86. The van der Waals surface area contributed by atoms with Gasteiger partial charge in [0.2, 0.25) is 5.91 Å². The van der Waals surface area contributed by atoms with Crippen molar-refractivity contribution in [3.63, 3.8) is 0 Å². The predicted molar refractivity (Wildman–Crippen MR) is 124 cm³/mol. The second kappa shape index (κ2) is 11.6. The minimum absolute atomic E-state index is 0.0903. The van der Waals surface area contributed by atoms with Gasteiger partial charge in [-0.05, 0) is 48.7 Å². The minimum Gasteiger partial charge on any atom is -0.455 e. The molecule has 0 radical (unpaired) electrons. The number of ether oxygens (including phenoxy) is 1. The summed E-state index contributed by atoms with van der Waals surface area (Å²) in [5, 5.41) is 5.14. The Hall–Kier alpha value is -3.94. The van der Waals surface area contributed by atoms with Gasteiger partial charge in [-0.15, -0.1) is 0 Å². The summed E-state index contributed by atoms with van der Waals surface area (Å²) in [4.78, 5) is 50.0. The Labute approximate surface area is 192 Å². The molecule has 33 heavy (non-hydrogen) atoms. The van der Waals surface area contributed by atoms with Crippen molar-refractivity contribution in [1.29, 1.82) is 0 Å². The van der Waals surface area contributed by atoms with Crippen LogP contribution in [-0.2, 0) is 19.1 Å². The summed E-state index contributed by atoms with van der Waals surface area (Å²) < 4.78 is 5.16. The van der Waals surface area contributed by atoms with Crippen molar-refractivity contribution in [2.45, 2.75) is 12.8 Å². The van der Waals surface area contributed by atoms with Gasteiger partial charge < -0.3 is 20.3 Å². The Balaban J connectivity index is 1.39. The van der Waals surface area contributed by atoms with Gasteiger partial charge in [0.15, 0.2) is 6.61 Å². The molecule has 0 spiro atoms. The highest BCUT2D eigenvalue weighted by Crippen LogP contribution is 2.19. The lowest BCUT2D eigenvalue weighted by molar-refractivity contribution is -0.153. The zero-order chi connectivity index (χ0) is 23.6. The Morgan fingerprint density at radius 1 is 1.00 bits per heavy atom. The van der Waals surface area contributed by atoms with Crippen LogP contribution in [0.15, 0.2) is 60.7 Å². The number of amides is 3. The standard InChI is InChI=1S/C25H27N3O5/c1-26-24(31)19-8-10-21(11-9-19)27-22(29)17-33-25(32)20-13-15-28(16-14-20)23(30)12-7-18-5-3-2-4-6-18/h2-12,20H,13-17H2,1H3,(H,26,31)(H,27,29)/b12-7+. The van der Waals surface area contributed by atoms with Gasteiger partial charge in [-0.3, -0.25) is 19.2 Å². The number of hydrogen-bond donors (Lipinski definition) is 2. The summed E-state index contributed by atoms with van der Waals surface area (Å²) in [5.41, 5.74) is 1.92. The maximum Gasteiger partial charge on any atom is 0.309 e. The molecule has 0 atom stereocenters. The Bertz CT molecular complexity index is 1010. The van der Waals surface area contributed by atoms with Crippen molar-refractivity contribution in [3.05, 3.63) is 71.8 Å². The topological polar surface area (TPSA) is 105 Å². The highest BCUT2D eigenvalue weighted by atomic mass is 16.5. The van der Waals surface area contributed by atoms with E-state index in [-0.39, 0.29) is 17.7 Å². The fourth-order valence-corrected chi connectivity index (χ4v) is 3.47. The van der Waals surface area contributed by atoms with Crippen LogP contribution in [-0.4, -0.2) is 55.3 Å². The summed E-state index contributed by atoms with van der Waals surface area (Å²) in [6.45, 7) is 0.526. The average molecular weight is 450 g/mol. The number of carbonyl (C=O) groups excluding carboxylic acids is 4. The van der Waals surface area contributed by atoms with Crippen LogP contribution in [0.1, 0.15) is 28.8 Å². The monoisotopic (exact) mass is 449 g/mol. The van der Waals surface area contributed by atoms with Gasteiger partial charge in [0.05, 0.1) is 5.92 Å². The first-order valence-electron chi connectivity index (χ1n) is 10.8. The molecule has 8 nitrogen and oxygen atoms in total. The van der Waals surface area contributed by atoms with Gasteiger partial charge >= 0.3 is 5.97 Å². The van der Waals surface area contributed by atoms with Gasteiger partial charge in [0, 0.05) is 37.5 Å². The lowest BCUT2D eigenvalue weighted by atomic mass is 9.97. The number of benzene rings is 2.